The van der Waals surface area contributed by atoms with E-state index in [2.05, 4.69) is 43.9 Å². The molecule has 0 saturated carbocycles. The lowest BCUT2D eigenvalue weighted by molar-refractivity contribution is 0.0176. The van der Waals surface area contributed by atoms with Gasteiger partial charge in [-0.3, -0.25) is 4.90 Å². The van der Waals surface area contributed by atoms with E-state index in [0.717, 1.165) is 12.5 Å². The Hall–Kier alpha value is 0.230. The van der Waals surface area contributed by atoms with Gasteiger partial charge in [-0.1, -0.05) is 13.8 Å². The summed E-state index contributed by atoms with van der Waals surface area (Å²) in [4.78, 5) is 5.19. The second kappa shape index (κ2) is 8.62. The molecule has 20 heavy (non-hydrogen) atoms. The van der Waals surface area contributed by atoms with Crippen LogP contribution in [0.2, 0.25) is 0 Å². The van der Waals surface area contributed by atoms with E-state index in [4.69, 9.17) is 5.73 Å². The second-order valence-corrected chi connectivity index (χ2v) is 7.85. The summed E-state index contributed by atoms with van der Waals surface area (Å²) >= 11 is 1.94. The van der Waals surface area contributed by atoms with Crippen molar-refractivity contribution in [3.05, 3.63) is 0 Å². The normalized spacial score (nSPS) is 21.6. The van der Waals surface area contributed by atoms with Gasteiger partial charge in [-0.05, 0) is 64.2 Å². The third kappa shape index (κ3) is 4.90. The molecule has 1 aliphatic rings. The first-order chi connectivity index (χ1) is 9.45. The fraction of sp³-hybridized carbons (Fsp3) is 1.00. The Morgan fingerprint density at radius 1 is 1.25 bits per heavy atom. The molecular formula is C16H35N3S. The Labute approximate surface area is 130 Å². The van der Waals surface area contributed by atoms with Crippen LogP contribution in [-0.2, 0) is 0 Å². The van der Waals surface area contributed by atoms with Crippen LogP contribution >= 0.6 is 11.8 Å². The molecule has 0 radical (unpaired) electrons. The van der Waals surface area contributed by atoms with Crippen LogP contribution in [0, 0.1) is 5.92 Å². The van der Waals surface area contributed by atoms with E-state index < -0.39 is 0 Å². The van der Waals surface area contributed by atoms with Crippen LogP contribution in [0.25, 0.3) is 0 Å². The number of hydrogen-bond acceptors (Lipinski definition) is 4. The fourth-order valence-electron chi connectivity index (χ4n) is 3.32. The monoisotopic (exact) mass is 301 g/mol. The summed E-state index contributed by atoms with van der Waals surface area (Å²) in [6.45, 7) is 11.4. The highest BCUT2D eigenvalue weighted by Crippen LogP contribution is 2.30. The zero-order valence-electron chi connectivity index (χ0n) is 14.2. The minimum atomic E-state index is 0.227. The number of likely N-dealkylation sites (tertiary alicyclic amines) is 1. The summed E-state index contributed by atoms with van der Waals surface area (Å²) in [7, 11) is 2.29. The molecule has 0 aliphatic carbocycles. The number of piperidine rings is 1. The molecule has 1 aliphatic heterocycles. The predicted octanol–water partition coefficient (Wildman–Crippen LogP) is 2.51. The Morgan fingerprint density at radius 3 is 2.30 bits per heavy atom. The fourth-order valence-corrected chi connectivity index (χ4v) is 3.90. The maximum absolute atomic E-state index is 6.19. The van der Waals surface area contributed by atoms with Crippen molar-refractivity contribution in [1.29, 1.82) is 0 Å². The lowest BCUT2D eigenvalue weighted by Gasteiger charge is -2.49. The Kier molecular flexibility index (Phi) is 7.88. The molecule has 1 saturated heterocycles. The van der Waals surface area contributed by atoms with Crippen LogP contribution in [0.3, 0.4) is 0 Å². The standard InChI is InChI=1S/C16H35N3S/c1-14(2)12-19-9-7-16(13-17,8-10-19)18(4)15(3)6-11-20-5/h14-15H,6-13,17H2,1-5H3. The average molecular weight is 302 g/mol. The molecule has 120 valence electrons. The van der Waals surface area contributed by atoms with E-state index in [1.54, 1.807) is 0 Å². The summed E-state index contributed by atoms with van der Waals surface area (Å²) in [5, 5.41) is 0. The number of nitrogens with two attached hydrogens (primary N) is 1. The second-order valence-electron chi connectivity index (χ2n) is 6.86. The van der Waals surface area contributed by atoms with Gasteiger partial charge >= 0.3 is 0 Å². The van der Waals surface area contributed by atoms with Gasteiger partial charge in [-0.15, -0.1) is 0 Å². The van der Waals surface area contributed by atoms with E-state index in [-0.39, 0.29) is 5.54 Å². The highest BCUT2D eigenvalue weighted by Gasteiger charge is 2.38. The first-order valence-corrected chi connectivity index (χ1v) is 9.49. The van der Waals surface area contributed by atoms with E-state index in [1.165, 1.54) is 44.6 Å². The summed E-state index contributed by atoms with van der Waals surface area (Å²) in [5.41, 5.74) is 6.41. The molecule has 0 bridgehead atoms. The van der Waals surface area contributed by atoms with E-state index in [9.17, 15) is 0 Å². The minimum Gasteiger partial charge on any atom is -0.329 e. The van der Waals surface area contributed by atoms with Crippen molar-refractivity contribution in [3.8, 4) is 0 Å². The summed E-state index contributed by atoms with van der Waals surface area (Å²) in [5.74, 6) is 2.00. The molecular weight excluding hydrogens is 266 g/mol. The third-order valence-corrected chi connectivity index (χ3v) is 5.58. The van der Waals surface area contributed by atoms with Crippen molar-refractivity contribution in [2.45, 2.75) is 51.6 Å². The van der Waals surface area contributed by atoms with Gasteiger partial charge in [0, 0.05) is 24.7 Å². The van der Waals surface area contributed by atoms with E-state index >= 15 is 0 Å². The van der Waals surface area contributed by atoms with Crippen molar-refractivity contribution < 1.29 is 0 Å². The molecule has 0 amide bonds. The first-order valence-electron chi connectivity index (χ1n) is 8.09. The van der Waals surface area contributed by atoms with Crippen molar-refractivity contribution >= 4 is 11.8 Å². The molecule has 0 aromatic heterocycles. The Balaban J connectivity index is 2.56. The molecule has 1 atom stereocenters. The molecule has 3 nitrogen and oxygen atoms in total. The predicted molar refractivity (Wildman–Crippen MR) is 92.5 cm³/mol. The van der Waals surface area contributed by atoms with Gasteiger partial charge in [-0.25, -0.2) is 0 Å². The minimum absolute atomic E-state index is 0.227. The van der Waals surface area contributed by atoms with Gasteiger partial charge in [0.05, 0.1) is 0 Å². The lowest BCUT2D eigenvalue weighted by Crippen LogP contribution is -2.60. The summed E-state index contributed by atoms with van der Waals surface area (Å²) in [6.07, 6.45) is 5.89. The highest BCUT2D eigenvalue weighted by molar-refractivity contribution is 7.98. The van der Waals surface area contributed by atoms with Crippen LogP contribution in [0.5, 0.6) is 0 Å². The maximum Gasteiger partial charge on any atom is 0.0355 e. The zero-order valence-corrected chi connectivity index (χ0v) is 15.0. The van der Waals surface area contributed by atoms with Crippen LogP contribution in [-0.4, -0.2) is 66.6 Å². The van der Waals surface area contributed by atoms with Crippen molar-refractivity contribution in [3.63, 3.8) is 0 Å². The molecule has 1 heterocycles. The number of rotatable bonds is 8. The zero-order chi connectivity index (χ0) is 15.2. The molecule has 4 heteroatoms. The molecule has 1 unspecified atom stereocenters. The number of likely N-dealkylation sites (N-methyl/N-ethyl adjacent to an activating group) is 1. The van der Waals surface area contributed by atoms with Gasteiger partial charge in [0.2, 0.25) is 0 Å². The number of thioether (sulfide) groups is 1. The van der Waals surface area contributed by atoms with Crippen LogP contribution in [0.15, 0.2) is 0 Å². The lowest BCUT2D eigenvalue weighted by atomic mass is 9.84. The SMILES string of the molecule is CSCCC(C)N(C)C1(CN)CCN(CC(C)C)CC1. The largest absolute Gasteiger partial charge is 0.329 e. The topological polar surface area (TPSA) is 32.5 Å². The molecule has 2 N–H and O–H groups in total. The first kappa shape index (κ1) is 18.3. The smallest absolute Gasteiger partial charge is 0.0355 e. The third-order valence-electron chi connectivity index (χ3n) is 4.94. The van der Waals surface area contributed by atoms with Crippen molar-refractivity contribution in [2.24, 2.45) is 11.7 Å². The number of hydrogen-bond donors (Lipinski definition) is 1. The Morgan fingerprint density at radius 2 is 1.85 bits per heavy atom. The molecule has 0 aromatic carbocycles. The van der Waals surface area contributed by atoms with Gasteiger partial charge in [0.25, 0.3) is 0 Å². The molecule has 0 aromatic rings. The van der Waals surface area contributed by atoms with Crippen molar-refractivity contribution in [2.75, 3.05) is 45.2 Å². The van der Waals surface area contributed by atoms with Gasteiger partial charge in [0.1, 0.15) is 0 Å². The van der Waals surface area contributed by atoms with Crippen LogP contribution < -0.4 is 5.73 Å². The molecule has 1 rings (SSSR count). The van der Waals surface area contributed by atoms with Gasteiger partial charge < -0.3 is 10.6 Å². The van der Waals surface area contributed by atoms with Gasteiger partial charge in [0.15, 0.2) is 0 Å². The van der Waals surface area contributed by atoms with E-state index in [1.807, 2.05) is 11.8 Å². The van der Waals surface area contributed by atoms with Crippen LogP contribution in [0.1, 0.15) is 40.0 Å². The van der Waals surface area contributed by atoms with Crippen LogP contribution in [0.4, 0.5) is 0 Å². The number of nitrogens with zero attached hydrogens (tertiary/aromatic N) is 2. The quantitative estimate of drug-likeness (QED) is 0.747. The summed E-state index contributed by atoms with van der Waals surface area (Å²) in [6, 6.07) is 0.627. The highest BCUT2D eigenvalue weighted by atomic mass is 32.2. The Bertz CT molecular complexity index is 262. The molecule has 1 fully saturated rings. The average Bonchev–Trinajstić information content (AvgIpc) is 2.44. The van der Waals surface area contributed by atoms with Crippen molar-refractivity contribution in [1.82, 2.24) is 9.80 Å². The van der Waals surface area contributed by atoms with E-state index in [0.29, 0.717) is 6.04 Å². The molecule has 0 spiro atoms. The maximum atomic E-state index is 6.19. The van der Waals surface area contributed by atoms with Gasteiger partial charge in [-0.2, -0.15) is 11.8 Å². The summed E-state index contributed by atoms with van der Waals surface area (Å²) < 4.78 is 0.